The maximum absolute atomic E-state index is 7.06. The molecule has 2 heterocycles. The van der Waals surface area contributed by atoms with E-state index in [0.717, 1.165) is 72.3 Å². The molecule has 0 amide bonds. The predicted octanol–water partition coefficient (Wildman–Crippen LogP) is 15.5. The van der Waals surface area contributed by atoms with Crippen LogP contribution in [0.4, 0.5) is 0 Å². The van der Waals surface area contributed by atoms with E-state index in [9.17, 15) is 0 Å². The van der Waals surface area contributed by atoms with Gasteiger partial charge in [-0.15, -0.1) is 0 Å². The van der Waals surface area contributed by atoms with Crippen LogP contribution in [0, 0.1) is 0 Å². The van der Waals surface area contributed by atoms with Gasteiger partial charge in [0.15, 0.2) is 0 Å². The lowest BCUT2D eigenvalue weighted by atomic mass is 9.91. The van der Waals surface area contributed by atoms with Crippen LogP contribution in [0.15, 0.2) is 234 Å². The maximum atomic E-state index is 7.06. The lowest BCUT2D eigenvalue weighted by molar-refractivity contribution is 0.411. The third-order valence-electron chi connectivity index (χ3n) is 13.3. The van der Waals surface area contributed by atoms with Gasteiger partial charge < -0.3 is 9.73 Å². The topological polar surface area (TPSA) is 49.6 Å². The molecule has 1 aliphatic rings. The minimum Gasteiger partial charge on any atom is -0.455 e. The molecule has 4 nitrogen and oxygen atoms in total. The van der Waals surface area contributed by atoms with Crippen molar-refractivity contribution in [2.75, 3.05) is 0 Å². The maximum Gasteiger partial charge on any atom is 0.143 e. The molecular formula is C61H41N3O. The molecular weight excluding hydrogens is 791 g/mol. The summed E-state index contributed by atoms with van der Waals surface area (Å²) >= 11 is 0. The van der Waals surface area contributed by atoms with E-state index in [1.54, 1.807) is 0 Å². The molecule has 306 valence electrons. The molecule has 11 aromatic carbocycles. The first-order valence-electron chi connectivity index (χ1n) is 22.3. The van der Waals surface area contributed by atoms with Gasteiger partial charge in [0.25, 0.3) is 0 Å². The molecule has 13 rings (SSSR count). The first kappa shape index (κ1) is 37.3. The molecule has 0 fully saturated rings. The SMILES string of the molecule is c1ccc(-c2cccc(C3=NC(c4ccccc4)NC(c4cccc5oc6c(-c7ccc8c(ccc9ccccc98)c7)cc(-c7ccc8c(ccc9ccccc98)c7)cc6c45)N3)c2)cc1. The van der Waals surface area contributed by atoms with Crippen molar-refractivity contribution >= 4 is 70.9 Å². The number of furan rings is 1. The van der Waals surface area contributed by atoms with Crippen molar-refractivity contribution in [3.63, 3.8) is 0 Å². The van der Waals surface area contributed by atoms with Gasteiger partial charge >= 0.3 is 0 Å². The molecule has 2 unspecified atom stereocenters. The van der Waals surface area contributed by atoms with Gasteiger partial charge in [-0.05, 0) is 113 Å². The van der Waals surface area contributed by atoms with E-state index < -0.39 is 0 Å². The fourth-order valence-corrected chi connectivity index (χ4v) is 10.1. The normalized spacial score (nSPS) is 15.2. The minimum atomic E-state index is -0.299. The molecule has 0 radical (unpaired) electrons. The van der Waals surface area contributed by atoms with E-state index in [-0.39, 0.29) is 12.3 Å². The van der Waals surface area contributed by atoms with Gasteiger partial charge in [0, 0.05) is 27.5 Å². The lowest BCUT2D eigenvalue weighted by Crippen LogP contribution is -2.45. The number of amidine groups is 1. The predicted molar refractivity (Wildman–Crippen MR) is 271 cm³/mol. The number of nitrogens with one attached hydrogen (secondary N) is 2. The molecule has 2 N–H and O–H groups in total. The quantitative estimate of drug-likeness (QED) is 0.164. The van der Waals surface area contributed by atoms with Gasteiger partial charge in [0.2, 0.25) is 0 Å². The Balaban J connectivity index is 1.01. The average Bonchev–Trinajstić information content (AvgIpc) is 3.77. The summed E-state index contributed by atoms with van der Waals surface area (Å²) in [5, 5.41) is 19.8. The van der Waals surface area contributed by atoms with Crippen LogP contribution in [0.1, 0.15) is 29.0 Å². The van der Waals surface area contributed by atoms with Crippen LogP contribution in [0.25, 0.3) is 98.4 Å². The first-order valence-corrected chi connectivity index (χ1v) is 22.3. The van der Waals surface area contributed by atoms with Crippen LogP contribution in [0.2, 0.25) is 0 Å². The van der Waals surface area contributed by atoms with Gasteiger partial charge in [-0.25, -0.2) is 4.99 Å². The Labute approximate surface area is 376 Å². The number of benzene rings is 11. The molecule has 1 aliphatic heterocycles. The molecule has 2 atom stereocenters. The van der Waals surface area contributed by atoms with Crippen molar-refractivity contribution in [2.24, 2.45) is 4.99 Å². The first-order chi connectivity index (χ1) is 32.2. The molecule has 0 saturated heterocycles. The highest BCUT2D eigenvalue weighted by Gasteiger charge is 2.29. The fourth-order valence-electron chi connectivity index (χ4n) is 10.1. The zero-order chi connectivity index (χ0) is 42.8. The highest BCUT2D eigenvalue weighted by atomic mass is 16.3. The summed E-state index contributed by atoms with van der Waals surface area (Å²) in [4.78, 5) is 5.33. The average molecular weight is 832 g/mol. The van der Waals surface area contributed by atoms with Gasteiger partial charge in [-0.1, -0.05) is 188 Å². The van der Waals surface area contributed by atoms with E-state index in [4.69, 9.17) is 9.41 Å². The van der Waals surface area contributed by atoms with Gasteiger partial charge in [-0.3, -0.25) is 5.32 Å². The second-order valence-electron chi connectivity index (χ2n) is 17.1. The number of hydrogen-bond acceptors (Lipinski definition) is 4. The van der Waals surface area contributed by atoms with E-state index in [2.05, 4.69) is 235 Å². The third-order valence-corrected chi connectivity index (χ3v) is 13.3. The monoisotopic (exact) mass is 831 g/mol. The number of aliphatic imine (C=N–C) groups is 1. The lowest BCUT2D eigenvalue weighted by Gasteiger charge is -2.32. The van der Waals surface area contributed by atoms with Gasteiger partial charge in [0.1, 0.15) is 29.3 Å². The molecule has 0 spiro atoms. The fraction of sp³-hybridized carbons (Fsp3) is 0.0328. The molecule has 1 aromatic heterocycles. The highest BCUT2D eigenvalue weighted by molar-refractivity contribution is 6.15. The van der Waals surface area contributed by atoms with Gasteiger partial charge in [-0.2, -0.15) is 0 Å². The zero-order valence-electron chi connectivity index (χ0n) is 35.4. The van der Waals surface area contributed by atoms with Crippen LogP contribution in [-0.4, -0.2) is 5.84 Å². The Morgan fingerprint density at radius 1 is 0.385 bits per heavy atom. The molecule has 0 saturated carbocycles. The van der Waals surface area contributed by atoms with E-state index in [1.807, 2.05) is 0 Å². The minimum absolute atomic E-state index is 0.292. The van der Waals surface area contributed by atoms with E-state index >= 15 is 0 Å². The Morgan fingerprint density at radius 2 is 0.969 bits per heavy atom. The largest absolute Gasteiger partial charge is 0.455 e. The summed E-state index contributed by atoms with van der Waals surface area (Å²) in [5.41, 5.74) is 11.7. The van der Waals surface area contributed by atoms with Crippen molar-refractivity contribution in [1.82, 2.24) is 10.6 Å². The summed E-state index contributed by atoms with van der Waals surface area (Å²) in [6, 6.07) is 80.7. The third kappa shape index (κ3) is 6.46. The van der Waals surface area contributed by atoms with E-state index in [1.165, 1.54) is 48.7 Å². The summed E-state index contributed by atoms with van der Waals surface area (Å²) in [6.45, 7) is 0. The number of hydrogen-bond donors (Lipinski definition) is 2. The Bertz CT molecular complexity index is 3850. The summed E-state index contributed by atoms with van der Waals surface area (Å²) in [5.74, 6) is 0.832. The number of nitrogens with zero attached hydrogens (tertiary/aromatic N) is 1. The summed E-state index contributed by atoms with van der Waals surface area (Å²) < 4.78 is 7.06. The van der Waals surface area contributed by atoms with E-state index in [0.29, 0.717) is 0 Å². The Hall–Kier alpha value is -8.31. The Kier molecular flexibility index (Phi) is 8.71. The second kappa shape index (κ2) is 15.2. The Morgan fingerprint density at radius 3 is 1.72 bits per heavy atom. The van der Waals surface area contributed by atoms with Crippen molar-refractivity contribution in [2.45, 2.75) is 12.3 Å². The van der Waals surface area contributed by atoms with Gasteiger partial charge in [0.05, 0.1) is 0 Å². The van der Waals surface area contributed by atoms with Crippen molar-refractivity contribution in [3.8, 4) is 33.4 Å². The standard InChI is InChI=1S/C61H41N3O/c1-3-13-38(14-4-1)42-19-11-20-47(34-42)60-62-59(41-17-5-2-6-18-41)63-61(64-60)53-23-12-24-56-57(53)55-37-48(43-29-31-51-44(33-43)27-25-39-15-7-9-21-49(39)51)36-54(58(55)65-56)46-30-32-52-45(35-46)28-26-40-16-8-10-22-50(40)52/h1-37,59,61,63H,(H,62,64). The van der Waals surface area contributed by atoms with Crippen LogP contribution in [0.5, 0.6) is 0 Å². The highest BCUT2D eigenvalue weighted by Crippen LogP contribution is 2.44. The second-order valence-corrected chi connectivity index (χ2v) is 17.1. The molecule has 4 heteroatoms. The van der Waals surface area contributed by atoms with Crippen LogP contribution in [0.3, 0.4) is 0 Å². The summed E-state index contributed by atoms with van der Waals surface area (Å²) in [6.07, 6.45) is -0.590. The van der Waals surface area contributed by atoms with Crippen LogP contribution >= 0.6 is 0 Å². The zero-order valence-corrected chi connectivity index (χ0v) is 35.4. The molecule has 0 aliphatic carbocycles. The number of fused-ring (bicyclic) bond motifs is 9. The van der Waals surface area contributed by atoms with Crippen molar-refractivity contribution < 1.29 is 4.42 Å². The number of rotatable bonds is 6. The van der Waals surface area contributed by atoms with Crippen LogP contribution in [-0.2, 0) is 0 Å². The summed E-state index contributed by atoms with van der Waals surface area (Å²) in [7, 11) is 0. The molecule has 65 heavy (non-hydrogen) atoms. The van der Waals surface area contributed by atoms with Crippen molar-refractivity contribution in [1.29, 1.82) is 0 Å². The molecule has 0 bridgehead atoms. The smallest absolute Gasteiger partial charge is 0.143 e. The molecule has 12 aromatic rings. The van der Waals surface area contributed by atoms with Crippen molar-refractivity contribution in [3.05, 3.63) is 241 Å². The van der Waals surface area contributed by atoms with Crippen LogP contribution < -0.4 is 10.6 Å².